The van der Waals surface area contributed by atoms with Crippen molar-refractivity contribution in [2.75, 3.05) is 14.2 Å². The minimum atomic E-state index is -1.14. The van der Waals surface area contributed by atoms with Gasteiger partial charge in [0.25, 0.3) is 5.56 Å². The number of halogens is 1. The summed E-state index contributed by atoms with van der Waals surface area (Å²) in [6.07, 6.45) is 0.116. The molecule has 0 N–H and O–H groups in total. The van der Waals surface area contributed by atoms with Crippen LogP contribution in [0.2, 0.25) is 0 Å². The van der Waals surface area contributed by atoms with Crippen LogP contribution in [0.15, 0.2) is 79.4 Å². The molecule has 0 saturated heterocycles. The molecule has 0 amide bonds. The fraction of sp³-hybridized carbons (Fsp3) is 0.143. The zero-order valence-electron chi connectivity index (χ0n) is 21.9. The SMILES string of the molecule is COC(=O)[C@H](C)Oc1c(OC)cc(C=Nn2c(-c3cc4cc(Br)ccc4o3)nc3ccccc3c2=O)cc1[N+](=O)[O-]. The van der Waals surface area contributed by atoms with Crippen LogP contribution in [-0.4, -0.2) is 47.1 Å². The number of fused-ring (bicyclic) bond motifs is 2. The molecule has 0 aliphatic rings. The van der Waals surface area contributed by atoms with Crippen LogP contribution in [-0.2, 0) is 9.53 Å². The average Bonchev–Trinajstić information content (AvgIpc) is 3.39. The lowest BCUT2D eigenvalue weighted by Crippen LogP contribution is -2.25. The van der Waals surface area contributed by atoms with Crippen LogP contribution >= 0.6 is 15.9 Å². The first-order chi connectivity index (χ1) is 19.7. The average molecular weight is 621 g/mol. The van der Waals surface area contributed by atoms with Crippen LogP contribution in [0.4, 0.5) is 5.69 Å². The summed E-state index contributed by atoms with van der Waals surface area (Å²) in [4.78, 5) is 41.3. The molecular formula is C28H21BrN4O8. The van der Waals surface area contributed by atoms with Crippen molar-refractivity contribution in [1.29, 1.82) is 0 Å². The lowest BCUT2D eigenvalue weighted by atomic mass is 10.1. The van der Waals surface area contributed by atoms with Gasteiger partial charge in [-0.25, -0.2) is 9.78 Å². The second kappa shape index (κ2) is 11.2. The number of furan rings is 1. The van der Waals surface area contributed by atoms with Gasteiger partial charge in [0.15, 0.2) is 17.6 Å². The second-order valence-electron chi connectivity index (χ2n) is 8.72. The van der Waals surface area contributed by atoms with E-state index < -0.39 is 28.2 Å². The number of aromatic nitrogens is 2. The Kier molecular flexibility index (Phi) is 7.53. The zero-order valence-corrected chi connectivity index (χ0v) is 23.4. The molecule has 0 radical (unpaired) electrons. The summed E-state index contributed by atoms with van der Waals surface area (Å²) in [6.45, 7) is 1.39. The van der Waals surface area contributed by atoms with E-state index in [9.17, 15) is 19.7 Å². The van der Waals surface area contributed by atoms with Gasteiger partial charge in [0.2, 0.25) is 11.6 Å². The highest BCUT2D eigenvalue weighted by Crippen LogP contribution is 2.39. The molecule has 0 aliphatic carbocycles. The molecule has 2 heterocycles. The number of rotatable bonds is 8. The quantitative estimate of drug-likeness (QED) is 0.0973. The van der Waals surface area contributed by atoms with Crippen molar-refractivity contribution in [2.45, 2.75) is 13.0 Å². The molecule has 0 fully saturated rings. The molecule has 208 valence electrons. The summed E-state index contributed by atoms with van der Waals surface area (Å²) in [5.41, 5.74) is 0.286. The number of nitro benzene ring substituents is 1. The number of hydrogen-bond donors (Lipinski definition) is 0. The third-order valence-corrected chi connectivity index (χ3v) is 6.57. The summed E-state index contributed by atoms with van der Waals surface area (Å²) in [6, 6.07) is 16.6. The van der Waals surface area contributed by atoms with E-state index in [0.29, 0.717) is 22.2 Å². The number of ether oxygens (including phenoxy) is 3. The third kappa shape index (κ3) is 5.39. The Balaban J connectivity index is 1.65. The van der Waals surface area contributed by atoms with Crippen molar-refractivity contribution in [3.63, 3.8) is 0 Å². The highest BCUT2D eigenvalue weighted by Gasteiger charge is 2.27. The Bertz CT molecular complexity index is 1910. The molecule has 2 aromatic heterocycles. The molecule has 3 aromatic carbocycles. The van der Waals surface area contributed by atoms with Gasteiger partial charge >= 0.3 is 11.7 Å². The Hall–Kier alpha value is -5.04. The van der Waals surface area contributed by atoms with Crippen molar-refractivity contribution in [3.05, 3.63) is 91.2 Å². The molecule has 13 heteroatoms. The number of hydrogen-bond acceptors (Lipinski definition) is 10. The first-order valence-corrected chi connectivity index (χ1v) is 12.9. The number of esters is 1. The molecule has 5 aromatic rings. The fourth-order valence-corrected chi connectivity index (χ4v) is 4.50. The first kappa shape index (κ1) is 27.5. The van der Waals surface area contributed by atoms with Gasteiger partial charge in [-0.2, -0.15) is 9.78 Å². The van der Waals surface area contributed by atoms with E-state index >= 15 is 0 Å². The number of carbonyl (C=O) groups is 1. The molecule has 0 bridgehead atoms. The van der Waals surface area contributed by atoms with E-state index in [1.54, 1.807) is 36.4 Å². The molecular weight excluding hydrogens is 600 g/mol. The van der Waals surface area contributed by atoms with Gasteiger partial charge in [0.05, 0.1) is 36.3 Å². The second-order valence-corrected chi connectivity index (χ2v) is 9.63. The van der Waals surface area contributed by atoms with Gasteiger partial charge < -0.3 is 18.6 Å². The Labute approximate surface area is 240 Å². The lowest BCUT2D eigenvalue weighted by molar-refractivity contribution is -0.386. The topological polar surface area (TPSA) is 148 Å². The molecule has 0 saturated carbocycles. The smallest absolute Gasteiger partial charge is 0.346 e. The van der Waals surface area contributed by atoms with Gasteiger partial charge in [-0.1, -0.05) is 28.1 Å². The highest BCUT2D eigenvalue weighted by atomic mass is 79.9. The van der Waals surface area contributed by atoms with Gasteiger partial charge in [-0.3, -0.25) is 14.9 Å². The normalized spacial score (nSPS) is 12.1. The monoisotopic (exact) mass is 620 g/mol. The molecule has 41 heavy (non-hydrogen) atoms. The van der Waals surface area contributed by atoms with Crippen molar-refractivity contribution in [1.82, 2.24) is 9.66 Å². The van der Waals surface area contributed by atoms with Crippen LogP contribution in [0.3, 0.4) is 0 Å². The molecule has 5 rings (SSSR count). The van der Waals surface area contributed by atoms with Gasteiger partial charge in [-0.05, 0) is 49.4 Å². The van der Waals surface area contributed by atoms with E-state index in [0.717, 1.165) is 14.5 Å². The van der Waals surface area contributed by atoms with E-state index in [1.165, 1.54) is 39.5 Å². The van der Waals surface area contributed by atoms with E-state index in [4.69, 9.17) is 13.9 Å². The predicted octanol–water partition coefficient (Wildman–Crippen LogP) is 5.31. The van der Waals surface area contributed by atoms with Crippen molar-refractivity contribution in [3.8, 4) is 23.1 Å². The molecule has 12 nitrogen and oxygen atoms in total. The van der Waals surface area contributed by atoms with Crippen LogP contribution in [0.25, 0.3) is 33.5 Å². The van der Waals surface area contributed by atoms with Gasteiger partial charge in [-0.15, -0.1) is 0 Å². The maximum Gasteiger partial charge on any atom is 0.346 e. The maximum absolute atomic E-state index is 13.5. The summed E-state index contributed by atoms with van der Waals surface area (Å²) >= 11 is 3.44. The minimum absolute atomic E-state index is 0.0246. The summed E-state index contributed by atoms with van der Waals surface area (Å²) in [5, 5.41) is 17.4. The number of methoxy groups -OCH3 is 2. The highest BCUT2D eigenvalue weighted by molar-refractivity contribution is 9.10. The van der Waals surface area contributed by atoms with Crippen LogP contribution < -0.4 is 15.0 Å². The fourth-order valence-electron chi connectivity index (χ4n) is 4.12. The standard InChI is InChI=1S/C28H21BrN4O8/c1-15(28(35)39-3)40-25-21(33(36)37)10-16(11-23(25)38-2)14-30-32-26(31-20-7-5-4-6-19(20)27(32)34)24-13-17-12-18(29)8-9-22(17)41-24/h4-15H,1-3H3/t15-/m0/s1. The maximum atomic E-state index is 13.5. The van der Waals surface area contributed by atoms with Crippen LogP contribution in [0.1, 0.15) is 12.5 Å². The molecule has 1 atom stereocenters. The molecule has 0 spiro atoms. The van der Waals surface area contributed by atoms with Gasteiger partial charge in [0.1, 0.15) is 5.58 Å². The Morgan fingerprint density at radius 3 is 2.68 bits per heavy atom. The number of nitro groups is 1. The number of benzene rings is 3. The van der Waals surface area contributed by atoms with E-state index in [-0.39, 0.29) is 22.9 Å². The Morgan fingerprint density at radius 2 is 1.95 bits per heavy atom. The van der Waals surface area contributed by atoms with Crippen molar-refractivity contribution < 1.29 is 28.3 Å². The number of carbonyl (C=O) groups excluding carboxylic acids is 1. The van der Waals surface area contributed by atoms with Crippen LogP contribution in [0.5, 0.6) is 11.5 Å². The Morgan fingerprint density at radius 1 is 1.17 bits per heavy atom. The van der Waals surface area contributed by atoms with Crippen LogP contribution in [0, 0.1) is 10.1 Å². The minimum Gasteiger partial charge on any atom is -0.493 e. The lowest BCUT2D eigenvalue weighted by Gasteiger charge is -2.15. The zero-order chi connectivity index (χ0) is 29.3. The third-order valence-electron chi connectivity index (χ3n) is 6.08. The summed E-state index contributed by atoms with van der Waals surface area (Å²) in [7, 11) is 2.47. The number of para-hydroxylation sites is 1. The van der Waals surface area contributed by atoms with Crippen molar-refractivity contribution >= 4 is 55.7 Å². The predicted molar refractivity (Wildman–Crippen MR) is 154 cm³/mol. The van der Waals surface area contributed by atoms with E-state index in [2.05, 4.69) is 30.8 Å². The molecule has 0 unspecified atom stereocenters. The number of nitrogens with zero attached hydrogens (tertiary/aromatic N) is 4. The summed E-state index contributed by atoms with van der Waals surface area (Å²) in [5.74, 6) is -0.580. The van der Waals surface area contributed by atoms with Gasteiger partial charge in [0, 0.05) is 21.5 Å². The van der Waals surface area contributed by atoms with Crippen molar-refractivity contribution in [2.24, 2.45) is 5.10 Å². The largest absolute Gasteiger partial charge is 0.493 e. The first-order valence-electron chi connectivity index (χ1n) is 12.1. The van der Waals surface area contributed by atoms with E-state index in [1.807, 2.05) is 12.1 Å². The molecule has 0 aliphatic heterocycles. The summed E-state index contributed by atoms with van der Waals surface area (Å²) < 4.78 is 23.4.